The summed E-state index contributed by atoms with van der Waals surface area (Å²) in [4.78, 5) is 31.3. The van der Waals surface area contributed by atoms with Gasteiger partial charge in [0.15, 0.2) is 5.82 Å². The van der Waals surface area contributed by atoms with Gasteiger partial charge in [-0.3, -0.25) is 4.90 Å². The van der Waals surface area contributed by atoms with Crippen molar-refractivity contribution in [2.45, 2.75) is 82.4 Å². The van der Waals surface area contributed by atoms with Crippen molar-refractivity contribution in [2.24, 2.45) is 10.8 Å². The summed E-state index contributed by atoms with van der Waals surface area (Å²) in [5.41, 5.74) is 7.00. The first-order chi connectivity index (χ1) is 25.6. The zero-order valence-corrected chi connectivity index (χ0v) is 31.0. The molecule has 6 heterocycles. The molecule has 0 radical (unpaired) electrons. The van der Waals surface area contributed by atoms with E-state index in [0.717, 1.165) is 58.1 Å². The van der Waals surface area contributed by atoms with Crippen molar-refractivity contribution in [1.82, 2.24) is 25.2 Å². The van der Waals surface area contributed by atoms with Crippen LogP contribution in [-0.2, 0) is 9.47 Å². The number of nitrogens with zero attached hydrogens (tertiary/aromatic N) is 5. The second-order valence-electron chi connectivity index (χ2n) is 16.3. The monoisotopic (exact) mass is 748 g/mol. The van der Waals surface area contributed by atoms with Crippen LogP contribution in [0.5, 0.6) is 11.9 Å². The van der Waals surface area contributed by atoms with Crippen molar-refractivity contribution in [3.8, 4) is 23.1 Å². The Morgan fingerprint density at radius 3 is 2.68 bits per heavy atom. The van der Waals surface area contributed by atoms with Crippen LogP contribution >= 0.6 is 11.6 Å². The fourth-order valence-corrected chi connectivity index (χ4v) is 10.6. The number of halogens is 2. The van der Waals surface area contributed by atoms with Crippen LogP contribution < -0.4 is 25.4 Å². The lowest BCUT2D eigenvalue weighted by molar-refractivity contribution is -0.196. The standard InChI is InChI=1S/C38H46ClFN8O5/c1-21-12-24(42)23(15-41)26(28(21)39)30-29(40)31-27(33(44-30)50-2)32(47-10-5-9-38(17-47)16-43-35(49)53-38)46-34(45-31)52-20-37-7-3-6-25(37)48(11-4-8-37)22-13-36(14-22)18-51-19-36/h12,15,22,25,41H,3-11,13-14,16-20,42H2,1-2H3,(H,43,49). The molecule has 2 aromatic heterocycles. The average Bonchev–Trinajstić information content (AvgIpc) is 3.71. The number of fused-ring (bicyclic) bond motifs is 2. The summed E-state index contributed by atoms with van der Waals surface area (Å²) in [5, 5.41) is 11.4. The number of nitrogens with two attached hydrogens (primary N) is 1. The van der Waals surface area contributed by atoms with Crippen molar-refractivity contribution in [1.29, 1.82) is 5.41 Å². The van der Waals surface area contributed by atoms with Crippen LogP contribution in [0.3, 0.4) is 0 Å². The molecule has 53 heavy (non-hydrogen) atoms. The van der Waals surface area contributed by atoms with E-state index in [1.54, 1.807) is 13.0 Å². The van der Waals surface area contributed by atoms with Gasteiger partial charge < -0.3 is 40.3 Å². The summed E-state index contributed by atoms with van der Waals surface area (Å²) in [6.45, 7) is 6.33. The lowest BCUT2D eigenvalue weighted by Gasteiger charge is -2.60. The first kappa shape index (κ1) is 34.7. The molecular formula is C38H46ClFN8O5. The maximum Gasteiger partial charge on any atom is 0.407 e. The van der Waals surface area contributed by atoms with Gasteiger partial charge in [0.1, 0.15) is 28.0 Å². The number of likely N-dealkylation sites (tertiary alicyclic amines) is 1. The summed E-state index contributed by atoms with van der Waals surface area (Å²) in [6, 6.07) is 2.70. The Kier molecular flexibility index (Phi) is 8.39. The molecule has 1 aromatic carbocycles. The number of carbonyl (C=O) groups excluding carboxylic acids is 1. The van der Waals surface area contributed by atoms with Crippen molar-refractivity contribution >= 4 is 46.3 Å². The molecule has 2 spiro atoms. The Balaban J connectivity index is 1.13. The first-order valence-corrected chi connectivity index (χ1v) is 19.2. The number of aryl methyl sites for hydroxylation is 1. The van der Waals surface area contributed by atoms with E-state index < -0.39 is 17.5 Å². The Hall–Kier alpha value is -4.01. The number of benzene rings is 1. The van der Waals surface area contributed by atoms with Gasteiger partial charge in [0, 0.05) is 52.5 Å². The number of anilines is 2. The van der Waals surface area contributed by atoms with Gasteiger partial charge in [-0.25, -0.2) is 14.2 Å². The molecule has 15 heteroatoms. The predicted molar refractivity (Wildman–Crippen MR) is 198 cm³/mol. The van der Waals surface area contributed by atoms with Crippen LogP contribution in [-0.4, -0.2) is 103 Å². The molecule has 2 saturated carbocycles. The van der Waals surface area contributed by atoms with Crippen molar-refractivity contribution < 1.29 is 28.1 Å². The third-order valence-corrected chi connectivity index (χ3v) is 13.5. The lowest BCUT2D eigenvalue weighted by Crippen LogP contribution is -2.64. The van der Waals surface area contributed by atoms with E-state index in [0.29, 0.717) is 68.0 Å². The molecule has 3 aromatic rings. The topological polar surface area (TPSA) is 161 Å². The first-order valence-electron chi connectivity index (χ1n) is 18.8. The third-order valence-electron chi connectivity index (χ3n) is 13.0. The molecule has 13 nitrogen and oxygen atoms in total. The van der Waals surface area contributed by atoms with E-state index in [9.17, 15) is 4.79 Å². The number of nitrogen functional groups attached to an aromatic ring is 1. The van der Waals surface area contributed by atoms with Gasteiger partial charge in [-0.1, -0.05) is 18.0 Å². The molecule has 3 atom stereocenters. The van der Waals surface area contributed by atoms with Crippen LogP contribution in [0.1, 0.15) is 68.9 Å². The molecule has 4 aliphatic heterocycles. The van der Waals surface area contributed by atoms with E-state index in [2.05, 4.69) is 15.2 Å². The molecular weight excluding hydrogens is 703 g/mol. The number of pyridine rings is 1. The van der Waals surface area contributed by atoms with E-state index in [4.69, 9.17) is 51.7 Å². The van der Waals surface area contributed by atoms with Gasteiger partial charge in [0.25, 0.3) is 0 Å². The Labute approximate surface area is 312 Å². The number of carbonyl (C=O) groups is 1. The minimum atomic E-state index is -0.760. The SMILES string of the molecule is COc1nc(-c2c(Cl)c(C)cc(N)c2C=N)c(F)c2nc(OCC34CCCC3N(C3CC5(COC5)C3)CCC4)nc(N3CCCC4(CNC(=O)O4)C3)c12. The maximum absolute atomic E-state index is 17.2. The quantitative estimate of drug-likeness (QED) is 0.193. The smallest absolute Gasteiger partial charge is 0.407 e. The Morgan fingerprint density at radius 1 is 1.17 bits per heavy atom. The van der Waals surface area contributed by atoms with E-state index >= 15 is 4.39 Å². The molecule has 1 amide bonds. The van der Waals surface area contributed by atoms with Crippen LogP contribution in [0, 0.1) is 29.0 Å². The number of alkyl carbamates (subject to hydrolysis) is 1. The Morgan fingerprint density at radius 2 is 1.96 bits per heavy atom. The average molecular weight is 749 g/mol. The predicted octanol–water partition coefficient (Wildman–Crippen LogP) is 5.65. The second-order valence-corrected chi connectivity index (χ2v) is 16.7. The summed E-state index contributed by atoms with van der Waals surface area (Å²) < 4.78 is 41.1. The van der Waals surface area contributed by atoms with Crippen LogP contribution in [0.15, 0.2) is 6.07 Å². The van der Waals surface area contributed by atoms with Gasteiger partial charge in [-0.05, 0) is 76.5 Å². The van der Waals surface area contributed by atoms with Gasteiger partial charge in [0.2, 0.25) is 5.88 Å². The maximum atomic E-state index is 17.2. The summed E-state index contributed by atoms with van der Waals surface area (Å²) in [6.07, 6.45) is 9.86. The van der Waals surface area contributed by atoms with E-state index in [1.807, 2.05) is 4.90 Å². The number of amides is 1. The molecule has 6 fully saturated rings. The molecule has 4 saturated heterocycles. The number of nitrogens with one attached hydrogen (secondary N) is 2. The molecule has 6 aliphatic rings. The minimum absolute atomic E-state index is 0.0479. The number of methoxy groups -OCH3 is 1. The minimum Gasteiger partial charge on any atom is -0.480 e. The zero-order chi connectivity index (χ0) is 36.7. The van der Waals surface area contributed by atoms with E-state index in [-0.39, 0.29) is 55.7 Å². The number of hydrogen-bond acceptors (Lipinski definition) is 12. The third kappa shape index (κ3) is 5.57. The second kappa shape index (κ2) is 12.8. The largest absolute Gasteiger partial charge is 0.480 e. The normalized spacial score (nSPS) is 28.0. The van der Waals surface area contributed by atoms with E-state index in [1.165, 1.54) is 20.0 Å². The molecule has 282 valence electrons. The highest BCUT2D eigenvalue weighted by atomic mass is 35.5. The molecule has 0 bridgehead atoms. The molecule has 4 N–H and O–H groups in total. The number of hydrogen-bond donors (Lipinski definition) is 3. The van der Waals surface area contributed by atoms with Crippen LogP contribution in [0.2, 0.25) is 5.02 Å². The summed E-state index contributed by atoms with van der Waals surface area (Å²) >= 11 is 6.80. The highest BCUT2D eigenvalue weighted by Crippen LogP contribution is 2.55. The molecule has 9 rings (SSSR count). The zero-order valence-electron chi connectivity index (χ0n) is 30.2. The van der Waals surface area contributed by atoms with Gasteiger partial charge >= 0.3 is 12.1 Å². The van der Waals surface area contributed by atoms with Crippen LogP contribution in [0.4, 0.5) is 20.7 Å². The van der Waals surface area contributed by atoms with Gasteiger partial charge in [-0.2, -0.15) is 9.97 Å². The number of rotatable bonds is 8. The number of aromatic nitrogens is 3. The Bertz CT molecular complexity index is 2010. The molecule has 3 unspecified atom stereocenters. The number of ether oxygens (including phenoxy) is 4. The van der Waals surface area contributed by atoms with Crippen LogP contribution in [0.25, 0.3) is 22.2 Å². The van der Waals surface area contributed by atoms with Gasteiger partial charge in [-0.15, -0.1) is 0 Å². The highest BCUT2D eigenvalue weighted by molar-refractivity contribution is 6.35. The van der Waals surface area contributed by atoms with Crippen molar-refractivity contribution in [2.75, 3.05) is 63.7 Å². The fraction of sp³-hybridized carbons (Fsp3) is 0.605. The van der Waals surface area contributed by atoms with Crippen molar-refractivity contribution in [3.63, 3.8) is 0 Å². The number of piperidine rings is 2. The summed E-state index contributed by atoms with van der Waals surface area (Å²) in [7, 11) is 1.46. The van der Waals surface area contributed by atoms with Gasteiger partial charge in [0.05, 0.1) is 45.0 Å². The highest BCUT2D eigenvalue weighted by Gasteiger charge is 2.57. The molecule has 2 aliphatic carbocycles. The fourth-order valence-electron chi connectivity index (χ4n) is 10.3. The summed E-state index contributed by atoms with van der Waals surface area (Å²) in [5.74, 6) is -0.291. The van der Waals surface area contributed by atoms with Crippen molar-refractivity contribution in [3.05, 3.63) is 28.0 Å². The lowest BCUT2D eigenvalue weighted by atomic mass is 9.62.